The van der Waals surface area contributed by atoms with Crippen LogP contribution in [-0.2, 0) is 0 Å². The van der Waals surface area contributed by atoms with Crippen molar-refractivity contribution in [2.45, 2.75) is 20.8 Å². The zero-order valence-corrected chi connectivity index (χ0v) is 13.0. The summed E-state index contributed by atoms with van der Waals surface area (Å²) in [6.45, 7) is 6.13. The van der Waals surface area contributed by atoms with Gasteiger partial charge in [-0.15, -0.1) is 0 Å². The Bertz CT molecular complexity index is 717. The van der Waals surface area contributed by atoms with Gasteiger partial charge in [0, 0.05) is 0 Å². The molecule has 3 aromatic carbocycles. The third kappa shape index (κ3) is 4.06. The predicted octanol–water partition coefficient (Wildman–Crippen LogP) is 6.40. The predicted molar refractivity (Wildman–Crippen MR) is 94.6 cm³/mol. The van der Waals surface area contributed by atoms with Crippen LogP contribution < -0.4 is 0 Å². The van der Waals surface area contributed by atoms with Gasteiger partial charge in [0.05, 0.1) is 0 Å². The topological polar surface area (TPSA) is 0 Å². The Morgan fingerprint density at radius 1 is 0.619 bits per heavy atom. The van der Waals surface area contributed by atoms with E-state index in [1.807, 2.05) is 32.1 Å². The van der Waals surface area contributed by atoms with Gasteiger partial charge in [0.2, 0.25) is 0 Å². The molecule has 0 aliphatic carbocycles. The maximum atomic E-state index is 2.25. The normalized spacial score (nSPS) is 10.4. The molecule has 0 aromatic heterocycles. The van der Waals surface area contributed by atoms with Crippen molar-refractivity contribution in [3.63, 3.8) is 0 Å². The van der Waals surface area contributed by atoms with Gasteiger partial charge in [-0.3, -0.25) is 0 Å². The summed E-state index contributed by atoms with van der Waals surface area (Å²) < 4.78 is 0. The molecule has 3 aromatic rings. The Morgan fingerprint density at radius 3 is 1.90 bits per heavy atom. The Labute approximate surface area is 127 Å². The second-order valence-corrected chi connectivity index (χ2v) is 5.10. The smallest absolute Gasteiger partial charge is 0.0178 e. The number of rotatable bonds is 1. The van der Waals surface area contributed by atoms with Gasteiger partial charge in [-0.25, -0.2) is 0 Å². The minimum Gasteiger partial charge on any atom is -0.0919 e. The average molecular weight is 274 g/mol. The van der Waals surface area contributed by atoms with Crippen LogP contribution >= 0.6 is 0 Å². The van der Waals surface area contributed by atoms with Crippen molar-refractivity contribution in [2.24, 2.45) is 0 Å². The summed E-state index contributed by atoms with van der Waals surface area (Å²) in [6, 6.07) is 23.7. The van der Waals surface area contributed by atoms with Crippen LogP contribution in [0, 0.1) is 6.92 Å². The zero-order valence-electron chi connectivity index (χ0n) is 13.0. The largest absolute Gasteiger partial charge is 0.0919 e. The summed E-state index contributed by atoms with van der Waals surface area (Å²) >= 11 is 0. The molecule has 0 saturated carbocycles. The maximum absolute atomic E-state index is 2.25. The van der Waals surface area contributed by atoms with E-state index in [9.17, 15) is 0 Å². The van der Waals surface area contributed by atoms with Crippen LogP contribution in [0.2, 0.25) is 0 Å². The highest BCUT2D eigenvalue weighted by Gasteiger charge is 1.99. The van der Waals surface area contributed by atoms with Gasteiger partial charge in [-0.05, 0) is 48.7 Å². The summed E-state index contributed by atoms with van der Waals surface area (Å²) in [5.41, 5.74) is 3.86. The minimum absolute atomic E-state index is 1.27. The number of allylic oxidation sites excluding steroid dienone is 2. The third-order valence-corrected chi connectivity index (χ3v) is 3.44. The van der Waals surface area contributed by atoms with Crippen LogP contribution in [0.25, 0.3) is 21.9 Å². The van der Waals surface area contributed by atoms with E-state index >= 15 is 0 Å². The summed E-state index contributed by atoms with van der Waals surface area (Å²) in [5.74, 6) is 0. The lowest BCUT2D eigenvalue weighted by molar-refractivity contribution is 1.50. The molecule has 0 aliphatic rings. The van der Waals surface area contributed by atoms with Crippen molar-refractivity contribution >= 4 is 10.8 Å². The SMILES string of the molecule is C/C=C\C.Cc1ccc2cc(-c3ccccc3)ccc2c1. The van der Waals surface area contributed by atoms with Gasteiger partial charge in [0.25, 0.3) is 0 Å². The number of benzene rings is 3. The molecule has 0 fully saturated rings. The quantitative estimate of drug-likeness (QED) is 0.450. The second-order valence-electron chi connectivity index (χ2n) is 5.10. The molecule has 0 spiro atoms. The van der Waals surface area contributed by atoms with E-state index in [-0.39, 0.29) is 0 Å². The lowest BCUT2D eigenvalue weighted by Crippen LogP contribution is -1.79. The average Bonchev–Trinajstić information content (AvgIpc) is 2.55. The van der Waals surface area contributed by atoms with Gasteiger partial charge >= 0.3 is 0 Å². The molecule has 0 amide bonds. The van der Waals surface area contributed by atoms with Crippen molar-refractivity contribution in [1.29, 1.82) is 0 Å². The Kier molecular flexibility index (Phi) is 5.34. The van der Waals surface area contributed by atoms with E-state index in [2.05, 4.69) is 67.6 Å². The van der Waals surface area contributed by atoms with E-state index in [1.165, 1.54) is 27.5 Å². The highest BCUT2D eigenvalue weighted by atomic mass is 14.0. The first-order valence-electron chi connectivity index (χ1n) is 7.37. The molecule has 0 atom stereocenters. The summed E-state index contributed by atoms with van der Waals surface area (Å²) in [6.07, 6.45) is 4.00. The molecule has 0 saturated heterocycles. The fourth-order valence-electron chi connectivity index (χ4n) is 2.18. The first-order chi connectivity index (χ1) is 10.2. The Morgan fingerprint density at radius 2 is 1.24 bits per heavy atom. The zero-order chi connectivity index (χ0) is 15.1. The minimum atomic E-state index is 1.27. The van der Waals surface area contributed by atoms with Crippen LogP contribution in [0.1, 0.15) is 19.4 Å². The number of fused-ring (bicyclic) bond motifs is 1. The maximum Gasteiger partial charge on any atom is -0.0178 e. The van der Waals surface area contributed by atoms with Crippen molar-refractivity contribution in [3.05, 3.63) is 84.4 Å². The standard InChI is InChI=1S/C17H14.C4H8/c1-13-7-8-17-12-16(10-9-15(17)11-13)14-5-3-2-4-6-14;1-3-4-2/h2-12H,1H3;3-4H,1-2H3/b;4-3-. The van der Waals surface area contributed by atoms with Crippen LogP contribution in [0.3, 0.4) is 0 Å². The molecule has 3 rings (SSSR count). The van der Waals surface area contributed by atoms with Crippen molar-refractivity contribution in [2.75, 3.05) is 0 Å². The molecule has 0 heteroatoms. The lowest BCUT2D eigenvalue weighted by atomic mass is 10.0. The van der Waals surface area contributed by atoms with Crippen LogP contribution in [-0.4, -0.2) is 0 Å². The number of hydrogen-bond donors (Lipinski definition) is 0. The number of aryl methyl sites for hydroxylation is 1. The van der Waals surface area contributed by atoms with E-state index in [0.717, 1.165) is 0 Å². The van der Waals surface area contributed by atoms with Gasteiger partial charge in [0.1, 0.15) is 0 Å². The van der Waals surface area contributed by atoms with E-state index < -0.39 is 0 Å². The van der Waals surface area contributed by atoms with Crippen molar-refractivity contribution in [1.82, 2.24) is 0 Å². The van der Waals surface area contributed by atoms with E-state index in [4.69, 9.17) is 0 Å². The molecule has 21 heavy (non-hydrogen) atoms. The molecule has 106 valence electrons. The molecule has 0 heterocycles. The second kappa shape index (κ2) is 7.44. The third-order valence-electron chi connectivity index (χ3n) is 3.44. The summed E-state index contributed by atoms with van der Waals surface area (Å²) in [5, 5.41) is 2.61. The molecule has 0 radical (unpaired) electrons. The first kappa shape index (κ1) is 15.1. The molecular weight excluding hydrogens is 252 g/mol. The fourth-order valence-corrected chi connectivity index (χ4v) is 2.18. The fraction of sp³-hybridized carbons (Fsp3) is 0.143. The molecule has 0 unspecified atom stereocenters. The monoisotopic (exact) mass is 274 g/mol. The van der Waals surface area contributed by atoms with E-state index in [0.29, 0.717) is 0 Å². The highest BCUT2D eigenvalue weighted by molar-refractivity contribution is 5.87. The van der Waals surface area contributed by atoms with Crippen molar-refractivity contribution in [3.8, 4) is 11.1 Å². The van der Waals surface area contributed by atoms with Gasteiger partial charge in [0.15, 0.2) is 0 Å². The van der Waals surface area contributed by atoms with Crippen LogP contribution in [0.15, 0.2) is 78.9 Å². The lowest BCUT2D eigenvalue weighted by Gasteiger charge is -2.04. The Balaban J connectivity index is 0.000000361. The number of hydrogen-bond acceptors (Lipinski definition) is 0. The molecule has 0 nitrogen and oxygen atoms in total. The van der Waals surface area contributed by atoms with Gasteiger partial charge in [-0.2, -0.15) is 0 Å². The summed E-state index contributed by atoms with van der Waals surface area (Å²) in [4.78, 5) is 0. The van der Waals surface area contributed by atoms with E-state index in [1.54, 1.807) is 0 Å². The van der Waals surface area contributed by atoms with Gasteiger partial charge < -0.3 is 0 Å². The van der Waals surface area contributed by atoms with Gasteiger partial charge in [-0.1, -0.05) is 78.4 Å². The molecule has 0 bridgehead atoms. The highest BCUT2D eigenvalue weighted by Crippen LogP contribution is 2.24. The molecule has 0 N–H and O–H groups in total. The van der Waals surface area contributed by atoms with Crippen LogP contribution in [0.5, 0.6) is 0 Å². The first-order valence-corrected chi connectivity index (χ1v) is 7.37. The van der Waals surface area contributed by atoms with Crippen molar-refractivity contribution < 1.29 is 0 Å². The molecule has 0 aliphatic heterocycles. The summed E-state index contributed by atoms with van der Waals surface area (Å²) in [7, 11) is 0. The van der Waals surface area contributed by atoms with Crippen LogP contribution in [0.4, 0.5) is 0 Å². The molecular formula is C21H22. The Hall–Kier alpha value is -2.34.